The summed E-state index contributed by atoms with van der Waals surface area (Å²) in [5.74, 6) is 0.621. The smallest absolute Gasteiger partial charge is 0.163 e. The van der Waals surface area contributed by atoms with Gasteiger partial charge in [-0.15, -0.1) is 6.58 Å². The van der Waals surface area contributed by atoms with E-state index in [4.69, 9.17) is 9.47 Å². The van der Waals surface area contributed by atoms with Crippen molar-refractivity contribution in [2.75, 3.05) is 33.9 Å². The highest BCUT2D eigenvalue weighted by molar-refractivity contribution is 5.43. The molecule has 0 bridgehead atoms. The van der Waals surface area contributed by atoms with Gasteiger partial charge in [0.05, 0.1) is 20.8 Å². The van der Waals surface area contributed by atoms with Crippen molar-refractivity contribution in [3.05, 3.63) is 36.2 Å². The maximum Gasteiger partial charge on any atom is 0.163 e. The van der Waals surface area contributed by atoms with E-state index in [1.165, 1.54) is 13.2 Å². The molecule has 1 saturated heterocycles. The standard InChI is InChI=1S/C18H26FNO3/c1-4-6-18(13-21)7-5-8-20(12-18)11-14-9-16(22-2)17(23-3)10-15(14)19/h4,9-10,21H,1,5-8,11-13H2,2-3H3. The highest BCUT2D eigenvalue weighted by Gasteiger charge is 2.34. The van der Waals surface area contributed by atoms with Gasteiger partial charge in [-0.25, -0.2) is 4.39 Å². The Kier molecular flexibility index (Phi) is 6.02. The van der Waals surface area contributed by atoms with E-state index in [0.717, 1.165) is 32.4 Å². The molecule has 5 heteroatoms. The zero-order valence-corrected chi connectivity index (χ0v) is 14.0. The number of halogens is 1. The number of allylic oxidation sites excluding steroid dienone is 1. The van der Waals surface area contributed by atoms with E-state index >= 15 is 0 Å². The maximum absolute atomic E-state index is 14.3. The van der Waals surface area contributed by atoms with Gasteiger partial charge in [0.1, 0.15) is 5.82 Å². The molecule has 0 amide bonds. The van der Waals surface area contributed by atoms with Gasteiger partial charge in [-0.1, -0.05) is 6.08 Å². The molecule has 0 spiro atoms. The fourth-order valence-corrected chi connectivity index (χ4v) is 3.37. The third kappa shape index (κ3) is 4.03. The van der Waals surface area contributed by atoms with E-state index in [1.807, 2.05) is 6.08 Å². The molecule has 1 atom stereocenters. The van der Waals surface area contributed by atoms with Crippen LogP contribution in [0, 0.1) is 11.2 Å². The number of ether oxygens (including phenoxy) is 2. The van der Waals surface area contributed by atoms with Crippen molar-refractivity contribution < 1.29 is 19.0 Å². The number of methoxy groups -OCH3 is 2. The normalized spacial score (nSPS) is 21.9. The predicted molar refractivity (Wildman–Crippen MR) is 88.3 cm³/mol. The van der Waals surface area contributed by atoms with Gasteiger partial charge >= 0.3 is 0 Å². The van der Waals surface area contributed by atoms with Gasteiger partial charge < -0.3 is 14.6 Å². The van der Waals surface area contributed by atoms with Crippen LogP contribution in [-0.4, -0.2) is 43.9 Å². The third-order valence-electron chi connectivity index (χ3n) is 4.60. The van der Waals surface area contributed by atoms with Crippen LogP contribution in [0.1, 0.15) is 24.8 Å². The molecule has 0 aliphatic carbocycles. The van der Waals surface area contributed by atoms with Crippen molar-refractivity contribution in [1.82, 2.24) is 4.90 Å². The molecule has 1 heterocycles. The first-order chi connectivity index (χ1) is 11.1. The summed E-state index contributed by atoms with van der Waals surface area (Å²) in [6, 6.07) is 3.05. The van der Waals surface area contributed by atoms with Crippen LogP contribution in [0.15, 0.2) is 24.8 Å². The number of likely N-dealkylation sites (tertiary alicyclic amines) is 1. The summed E-state index contributed by atoms with van der Waals surface area (Å²) in [6.07, 6.45) is 4.59. The Labute approximate surface area is 137 Å². The van der Waals surface area contributed by atoms with Crippen molar-refractivity contribution in [3.63, 3.8) is 0 Å². The average molecular weight is 323 g/mol. The number of benzene rings is 1. The molecule has 0 saturated carbocycles. The van der Waals surface area contributed by atoms with Gasteiger partial charge in [0.25, 0.3) is 0 Å². The Bertz CT molecular complexity index is 549. The molecule has 1 aliphatic heterocycles. The van der Waals surface area contributed by atoms with Gasteiger partial charge in [-0.2, -0.15) is 0 Å². The molecular weight excluding hydrogens is 297 g/mol. The number of aliphatic hydroxyl groups is 1. The SMILES string of the molecule is C=CCC1(CO)CCCN(Cc2cc(OC)c(OC)cc2F)C1. The lowest BCUT2D eigenvalue weighted by Crippen LogP contribution is -2.44. The number of aliphatic hydroxyl groups excluding tert-OH is 1. The van der Waals surface area contributed by atoms with Crippen LogP contribution in [0.25, 0.3) is 0 Å². The van der Waals surface area contributed by atoms with E-state index in [9.17, 15) is 9.50 Å². The fraction of sp³-hybridized carbons (Fsp3) is 0.556. The average Bonchev–Trinajstić information content (AvgIpc) is 2.57. The summed E-state index contributed by atoms with van der Waals surface area (Å²) in [6.45, 7) is 6.05. The molecule has 23 heavy (non-hydrogen) atoms. The van der Waals surface area contributed by atoms with E-state index in [1.54, 1.807) is 13.2 Å². The summed E-state index contributed by atoms with van der Waals surface area (Å²) >= 11 is 0. The molecule has 1 N–H and O–H groups in total. The second kappa shape index (κ2) is 7.79. The summed E-state index contributed by atoms with van der Waals surface area (Å²) in [7, 11) is 3.04. The summed E-state index contributed by atoms with van der Waals surface area (Å²) < 4.78 is 24.7. The van der Waals surface area contributed by atoms with Crippen LogP contribution in [0.4, 0.5) is 4.39 Å². The molecule has 0 aromatic heterocycles. The molecule has 2 rings (SSSR count). The Morgan fingerprint density at radius 1 is 1.35 bits per heavy atom. The Hall–Kier alpha value is -1.59. The third-order valence-corrected chi connectivity index (χ3v) is 4.60. The lowest BCUT2D eigenvalue weighted by molar-refractivity contribution is 0.0304. The zero-order chi connectivity index (χ0) is 16.9. The molecule has 1 unspecified atom stereocenters. The van der Waals surface area contributed by atoms with E-state index in [2.05, 4.69) is 11.5 Å². The van der Waals surface area contributed by atoms with E-state index < -0.39 is 0 Å². The van der Waals surface area contributed by atoms with Gasteiger partial charge in [0.2, 0.25) is 0 Å². The maximum atomic E-state index is 14.3. The van der Waals surface area contributed by atoms with E-state index in [-0.39, 0.29) is 17.8 Å². The summed E-state index contributed by atoms with van der Waals surface area (Å²) in [5.41, 5.74) is 0.419. The van der Waals surface area contributed by atoms with Crippen molar-refractivity contribution in [2.24, 2.45) is 5.41 Å². The van der Waals surface area contributed by atoms with Gasteiger partial charge in [0, 0.05) is 30.1 Å². The van der Waals surface area contributed by atoms with Crippen LogP contribution in [-0.2, 0) is 6.54 Å². The van der Waals surface area contributed by atoms with Crippen molar-refractivity contribution in [2.45, 2.75) is 25.8 Å². The highest BCUT2D eigenvalue weighted by Crippen LogP contribution is 2.35. The molecule has 4 nitrogen and oxygen atoms in total. The monoisotopic (exact) mass is 323 g/mol. The Morgan fingerprint density at radius 3 is 2.65 bits per heavy atom. The van der Waals surface area contributed by atoms with Crippen molar-refractivity contribution in [3.8, 4) is 11.5 Å². The molecular formula is C18H26FNO3. The number of piperidine rings is 1. The number of hydrogen-bond acceptors (Lipinski definition) is 4. The molecule has 1 aliphatic rings. The summed E-state index contributed by atoms with van der Waals surface area (Å²) in [5, 5.41) is 9.78. The topological polar surface area (TPSA) is 41.9 Å². The van der Waals surface area contributed by atoms with Crippen molar-refractivity contribution in [1.29, 1.82) is 0 Å². The highest BCUT2D eigenvalue weighted by atomic mass is 19.1. The Morgan fingerprint density at radius 2 is 2.04 bits per heavy atom. The van der Waals surface area contributed by atoms with Crippen LogP contribution in [0.3, 0.4) is 0 Å². The number of nitrogens with zero attached hydrogens (tertiary/aromatic N) is 1. The molecule has 128 valence electrons. The fourth-order valence-electron chi connectivity index (χ4n) is 3.37. The minimum absolute atomic E-state index is 0.129. The second-order valence-electron chi connectivity index (χ2n) is 6.26. The molecule has 1 aromatic carbocycles. The van der Waals surface area contributed by atoms with E-state index in [0.29, 0.717) is 23.6 Å². The lowest BCUT2D eigenvalue weighted by Gasteiger charge is -2.41. The number of hydrogen-bond donors (Lipinski definition) is 1. The van der Waals surface area contributed by atoms with Gasteiger partial charge in [0.15, 0.2) is 11.5 Å². The minimum Gasteiger partial charge on any atom is -0.493 e. The predicted octanol–water partition coefficient (Wildman–Crippen LogP) is 2.99. The first-order valence-corrected chi connectivity index (χ1v) is 7.92. The minimum atomic E-state index is -0.299. The van der Waals surface area contributed by atoms with Crippen LogP contribution >= 0.6 is 0 Å². The zero-order valence-electron chi connectivity index (χ0n) is 14.0. The first kappa shape index (κ1) is 17.8. The largest absolute Gasteiger partial charge is 0.493 e. The van der Waals surface area contributed by atoms with Crippen LogP contribution < -0.4 is 9.47 Å². The first-order valence-electron chi connectivity index (χ1n) is 7.92. The van der Waals surface area contributed by atoms with Gasteiger partial charge in [-0.05, 0) is 31.9 Å². The van der Waals surface area contributed by atoms with Crippen LogP contribution in [0.5, 0.6) is 11.5 Å². The second-order valence-corrected chi connectivity index (χ2v) is 6.26. The Balaban J connectivity index is 2.16. The molecule has 1 aromatic rings. The van der Waals surface area contributed by atoms with Gasteiger partial charge in [-0.3, -0.25) is 4.90 Å². The van der Waals surface area contributed by atoms with Crippen molar-refractivity contribution >= 4 is 0 Å². The number of rotatable bonds is 7. The molecule has 0 radical (unpaired) electrons. The van der Waals surface area contributed by atoms with Crippen LogP contribution in [0.2, 0.25) is 0 Å². The quantitative estimate of drug-likeness (QED) is 0.783. The molecule has 1 fully saturated rings. The lowest BCUT2D eigenvalue weighted by atomic mass is 9.77. The summed E-state index contributed by atoms with van der Waals surface area (Å²) in [4.78, 5) is 2.19.